The Morgan fingerprint density at radius 3 is 2.53 bits per heavy atom. The van der Waals surface area contributed by atoms with Crippen molar-refractivity contribution in [2.75, 3.05) is 13.7 Å². The van der Waals surface area contributed by atoms with Crippen LogP contribution in [-0.2, 0) is 0 Å². The van der Waals surface area contributed by atoms with Crippen molar-refractivity contribution in [3.63, 3.8) is 0 Å². The summed E-state index contributed by atoms with van der Waals surface area (Å²) in [6.45, 7) is 4.20. The van der Waals surface area contributed by atoms with Crippen LogP contribution < -0.4 is 9.47 Å². The standard InChI is InChI=1S/C13H19NO5/c1-4-6-19-13-7-9(11(15)5-2)10(14(16)17)8-12(13)18-3/h7-8,11,15H,4-6H2,1-3H3. The van der Waals surface area contributed by atoms with Crippen LogP contribution in [0.15, 0.2) is 12.1 Å². The molecular formula is C13H19NO5. The summed E-state index contributed by atoms with van der Waals surface area (Å²) < 4.78 is 10.6. The highest BCUT2D eigenvalue weighted by Crippen LogP contribution is 2.38. The van der Waals surface area contributed by atoms with E-state index in [1.807, 2.05) is 6.92 Å². The molecule has 0 radical (unpaired) electrons. The van der Waals surface area contributed by atoms with Gasteiger partial charge in [0.25, 0.3) is 5.69 Å². The normalized spacial score (nSPS) is 12.0. The predicted octanol–water partition coefficient (Wildman–Crippen LogP) is 2.84. The van der Waals surface area contributed by atoms with Crippen molar-refractivity contribution in [2.24, 2.45) is 0 Å². The van der Waals surface area contributed by atoms with Gasteiger partial charge in [-0.05, 0) is 18.9 Å². The minimum atomic E-state index is -0.893. The van der Waals surface area contributed by atoms with E-state index in [9.17, 15) is 15.2 Å². The van der Waals surface area contributed by atoms with Crippen LogP contribution in [0, 0.1) is 10.1 Å². The van der Waals surface area contributed by atoms with Crippen LogP contribution in [0.4, 0.5) is 5.69 Å². The summed E-state index contributed by atoms with van der Waals surface area (Å²) in [5.41, 5.74) is 0.0921. The highest BCUT2D eigenvalue weighted by atomic mass is 16.6. The van der Waals surface area contributed by atoms with Gasteiger partial charge in [-0.2, -0.15) is 0 Å². The van der Waals surface area contributed by atoms with Gasteiger partial charge in [0.1, 0.15) is 0 Å². The summed E-state index contributed by atoms with van der Waals surface area (Å²) in [6.07, 6.45) is 0.307. The summed E-state index contributed by atoms with van der Waals surface area (Å²) in [5, 5.41) is 20.9. The molecule has 0 fully saturated rings. The zero-order chi connectivity index (χ0) is 14.4. The second-order valence-electron chi connectivity index (χ2n) is 4.09. The number of nitrogens with zero attached hydrogens (tertiary/aromatic N) is 1. The van der Waals surface area contributed by atoms with E-state index in [2.05, 4.69) is 0 Å². The molecule has 0 aliphatic rings. The lowest BCUT2D eigenvalue weighted by atomic mass is 10.0. The number of rotatable bonds is 7. The molecule has 0 heterocycles. The molecule has 0 aromatic heterocycles. The van der Waals surface area contributed by atoms with Gasteiger partial charge in [0.15, 0.2) is 11.5 Å². The van der Waals surface area contributed by atoms with E-state index < -0.39 is 11.0 Å². The molecular weight excluding hydrogens is 250 g/mol. The molecule has 1 aromatic carbocycles. The molecule has 0 saturated heterocycles. The molecule has 1 unspecified atom stereocenters. The maximum Gasteiger partial charge on any atom is 0.279 e. The second-order valence-corrected chi connectivity index (χ2v) is 4.09. The summed E-state index contributed by atoms with van der Waals surface area (Å²) >= 11 is 0. The van der Waals surface area contributed by atoms with Gasteiger partial charge in [-0.1, -0.05) is 13.8 Å². The Morgan fingerprint density at radius 2 is 2.05 bits per heavy atom. The Hall–Kier alpha value is -1.82. The average molecular weight is 269 g/mol. The van der Waals surface area contributed by atoms with Gasteiger partial charge in [-0.15, -0.1) is 0 Å². The summed E-state index contributed by atoms with van der Waals surface area (Å²) in [4.78, 5) is 10.5. The monoisotopic (exact) mass is 269 g/mol. The van der Waals surface area contributed by atoms with Crippen molar-refractivity contribution < 1.29 is 19.5 Å². The molecule has 1 rings (SSSR count). The third-order valence-corrected chi connectivity index (χ3v) is 2.72. The first kappa shape index (κ1) is 15.2. The van der Waals surface area contributed by atoms with Crippen molar-refractivity contribution in [1.82, 2.24) is 0 Å². The van der Waals surface area contributed by atoms with Gasteiger partial charge in [0, 0.05) is 0 Å². The number of methoxy groups -OCH3 is 1. The lowest BCUT2D eigenvalue weighted by molar-refractivity contribution is -0.386. The van der Waals surface area contributed by atoms with E-state index in [1.54, 1.807) is 6.92 Å². The number of hydrogen-bond acceptors (Lipinski definition) is 5. The third kappa shape index (κ3) is 3.57. The van der Waals surface area contributed by atoms with Crippen molar-refractivity contribution >= 4 is 5.69 Å². The maximum atomic E-state index is 11.0. The number of aliphatic hydroxyl groups excluding tert-OH is 1. The molecule has 0 spiro atoms. The smallest absolute Gasteiger partial charge is 0.279 e. The van der Waals surface area contributed by atoms with E-state index >= 15 is 0 Å². The molecule has 0 aliphatic heterocycles. The number of aliphatic hydroxyl groups is 1. The van der Waals surface area contributed by atoms with Crippen LogP contribution in [0.3, 0.4) is 0 Å². The maximum absolute atomic E-state index is 11.0. The fourth-order valence-corrected chi connectivity index (χ4v) is 1.69. The fourth-order valence-electron chi connectivity index (χ4n) is 1.69. The predicted molar refractivity (Wildman–Crippen MR) is 70.7 cm³/mol. The van der Waals surface area contributed by atoms with Crippen LogP contribution in [0.5, 0.6) is 11.5 Å². The summed E-state index contributed by atoms with van der Waals surface area (Å²) in [6, 6.07) is 2.78. The Kier molecular flexibility index (Phi) is 5.57. The van der Waals surface area contributed by atoms with E-state index in [0.717, 1.165) is 6.42 Å². The number of nitro benzene ring substituents is 1. The topological polar surface area (TPSA) is 81.8 Å². The van der Waals surface area contributed by atoms with Crippen molar-refractivity contribution in [2.45, 2.75) is 32.8 Å². The first-order valence-electron chi connectivity index (χ1n) is 6.22. The van der Waals surface area contributed by atoms with E-state index in [-0.39, 0.29) is 11.3 Å². The molecule has 0 aliphatic carbocycles. The lowest BCUT2D eigenvalue weighted by Gasteiger charge is -2.14. The highest BCUT2D eigenvalue weighted by Gasteiger charge is 2.23. The number of benzene rings is 1. The third-order valence-electron chi connectivity index (χ3n) is 2.72. The van der Waals surface area contributed by atoms with Crippen LogP contribution in [0.25, 0.3) is 0 Å². The minimum Gasteiger partial charge on any atom is -0.493 e. The van der Waals surface area contributed by atoms with Gasteiger partial charge >= 0.3 is 0 Å². The van der Waals surface area contributed by atoms with Crippen LogP contribution in [0.2, 0.25) is 0 Å². The molecule has 0 amide bonds. The molecule has 0 saturated carbocycles. The Bertz CT molecular complexity index is 447. The van der Waals surface area contributed by atoms with E-state index in [1.165, 1.54) is 19.2 Å². The largest absolute Gasteiger partial charge is 0.493 e. The molecule has 6 heteroatoms. The van der Waals surface area contributed by atoms with Crippen molar-refractivity contribution in [3.8, 4) is 11.5 Å². The first-order chi connectivity index (χ1) is 9.04. The van der Waals surface area contributed by atoms with Crippen LogP contribution >= 0.6 is 0 Å². The summed E-state index contributed by atoms with van der Waals surface area (Å²) in [5.74, 6) is 0.713. The molecule has 6 nitrogen and oxygen atoms in total. The number of nitro groups is 1. The molecule has 0 bridgehead atoms. The number of hydrogen-bond donors (Lipinski definition) is 1. The summed E-state index contributed by atoms with van der Waals surface area (Å²) in [7, 11) is 1.42. The van der Waals surface area contributed by atoms with Gasteiger partial charge in [-0.25, -0.2) is 0 Å². The van der Waals surface area contributed by atoms with Gasteiger partial charge in [-0.3, -0.25) is 10.1 Å². The van der Waals surface area contributed by atoms with Crippen LogP contribution in [-0.4, -0.2) is 23.7 Å². The quantitative estimate of drug-likeness (QED) is 0.608. The molecule has 106 valence electrons. The SMILES string of the molecule is CCCOc1cc(C(O)CC)c([N+](=O)[O-])cc1OC. The average Bonchev–Trinajstić information content (AvgIpc) is 2.42. The Morgan fingerprint density at radius 1 is 1.37 bits per heavy atom. The molecule has 1 N–H and O–H groups in total. The second kappa shape index (κ2) is 6.94. The molecule has 1 aromatic rings. The minimum absolute atomic E-state index is 0.157. The molecule has 19 heavy (non-hydrogen) atoms. The lowest BCUT2D eigenvalue weighted by Crippen LogP contribution is -2.05. The Balaban J connectivity index is 3.29. The highest BCUT2D eigenvalue weighted by molar-refractivity contribution is 5.55. The zero-order valence-corrected chi connectivity index (χ0v) is 11.4. The van der Waals surface area contributed by atoms with Gasteiger partial charge in [0.05, 0.1) is 36.4 Å². The van der Waals surface area contributed by atoms with E-state index in [0.29, 0.717) is 24.5 Å². The first-order valence-corrected chi connectivity index (χ1v) is 6.22. The van der Waals surface area contributed by atoms with Crippen LogP contribution in [0.1, 0.15) is 38.4 Å². The zero-order valence-electron chi connectivity index (χ0n) is 11.4. The molecule has 1 atom stereocenters. The van der Waals surface area contributed by atoms with Crippen molar-refractivity contribution in [3.05, 3.63) is 27.8 Å². The van der Waals surface area contributed by atoms with Crippen molar-refractivity contribution in [1.29, 1.82) is 0 Å². The van der Waals surface area contributed by atoms with Gasteiger partial charge in [0.2, 0.25) is 0 Å². The van der Waals surface area contributed by atoms with Gasteiger partial charge < -0.3 is 14.6 Å². The number of ether oxygens (including phenoxy) is 2. The fraction of sp³-hybridized carbons (Fsp3) is 0.538. The Labute approximate surface area is 112 Å². The van der Waals surface area contributed by atoms with E-state index in [4.69, 9.17) is 9.47 Å².